The minimum absolute atomic E-state index is 0. The Balaban J connectivity index is 0.00000112. The zero-order valence-electron chi connectivity index (χ0n) is 9.19. The minimum Gasteiger partial charge on any atom is -0.624 e. The third kappa shape index (κ3) is 2.84. The van der Waals surface area contributed by atoms with Gasteiger partial charge in [-0.1, -0.05) is 24.3 Å². The van der Waals surface area contributed by atoms with Crippen molar-refractivity contribution in [1.29, 1.82) is 0 Å². The third-order valence-electron chi connectivity index (χ3n) is 2.27. The largest absolute Gasteiger partial charge is 1.00 e. The maximum absolute atomic E-state index is 11.4. The van der Waals surface area contributed by atoms with Gasteiger partial charge < -0.3 is 10.1 Å². The Kier molecular flexibility index (Phi) is 4.83. The summed E-state index contributed by atoms with van der Waals surface area (Å²) in [5.41, 5.74) is 2.55. The third-order valence-corrected chi connectivity index (χ3v) is 2.27. The summed E-state index contributed by atoms with van der Waals surface area (Å²) in [6, 6.07) is 7.21. The van der Waals surface area contributed by atoms with E-state index in [0.29, 0.717) is 0 Å². The molecule has 1 unspecified atom stereocenters. The van der Waals surface area contributed by atoms with Gasteiger partial charge in [-0.2, -0.15) is 0 Å². The number of benzodiazepines with no additional fused rings is 1. The molecule has 1 atom stereocenters. The quantitative estimate of drug-likeness (QED) is 0.624. The molecule has 4 heteroatoms. The maximum atomic E-state index is 11.4. The number of rotatable bonds is 0. The Morgan fingerprint density at radius 3 is 2.73 bits per heavy atom. The SMILES string of the molecule is CC1=NC(C)C(=O)[N-]c2ccccc21.[Rb+]. The molecule has 72 valence electrons. The van der Waals surface area contributed by atoms with Gasteiger partial charge in [-0.15, -0.1) is 5.69 Å². The van der Waals surface area contributed by atoms with E-state index >= 15 is 0 Å². The van der Waals surface area contributed by atoms with Gasteiger partial charge in [0.1, 0.15) is 0 Å². The second kappa shape index (κ2) is 5.48. The predicted octanol–water partition coefficient (Wildman–Crippen LogP) is -0.566. The van der Waals surface area contributed by atoms with Crippen LogP contribution in [-0.4, -0.2) is 17.7 Å². The number of fused-ring (bicyclic) bond motifs is 1. The van der Waals surface area contributed by atoms with Crippen molar-refractivity contribution in [3.63, 3.8) is 0 Å². The van der Waals surface area contributed by atoms with Crippen molar-refractivity contribution in [1.82, 2.24) is 0 Å². The summed E-state index contributed by atoms with van der Waals surface area (Å²) in [5.74, 6) is -0.172. The van der Waals surface area contributed by atoms with Crippen LogP contribution >= 0.6 is 0 Å². The fourth-order valence-electron chi connectivity index (χ4n) is 1.50. The maximum Gasteiger partial charge on any atom is 1.00 e. The Hall–Kier alpha value is 0.165. The molecule has 1 aliphatic rings. The van der Waals surface area contributed by atoms with Gasteiger partial charge in [0.25, 0.3) is 0 Å². The van der Waals surface area contributed by atoms with Crippen LogP contribution in [0.1, 0.15) is 19.4 Å². The smallest absolute Gasteiger partial charge is 0.624 e. The fraction of sp³-hybridized carbons (Fsp3) is 0.273. The first-order chi connectivity index (χ1) is 6.68. The van der Waals surface area contributed by atoms with E-state index in [-0.39, 0.29) is 70.1 Å². The molecule has 0 aromatic heterocycles. The molecule has 1 aliphatic heterocycles. The second-order valence-electron chi connectivity index (χ2n) is 3.36. The van der Waals surface area contributed by atoms with E-state index in [1.165, 1.54) is 0 Å². The molecule has 1 heterocycles. The van der Waals surface area contributed by atoms with Crippen molar-refractivity contribution in [2.45, 2.75) is 19.9 Å². The first-order valence-corrected chi connectivity index (χ1v) is 4.58. The predicted molar refractivity (Wildman–Crippen MR) is 56.1 cm³/mol. The van der Waals surface area contributed by atoms with Crippen molar-refractivity contribution in [3.05, 3.63) is 35.1 Å². The summed E-state index contributed by atoms with van der Waals surface area (Å²) in [6.07, 6.45) is 0. The molecule has 0 N–H and O–H groups in total. The number of para-hydroxylation sites is 1. The van der Waals surface area contributed by atoms with Gasteiger partial charge in [-0.05, 0) is 19.4 Å². The minimum atomic E-state index is -0.359. The van der Waals surface area contributed by atoms with Crippen LogP contribution < -0.4 is 58.2 Å². The summed E-state index contributed by atoms with van der Waals surface area (Å²) in [4.78, 5) is 15.7. The van der Waals surface area contributed by atoms with Gasteiger partial charge >= 0.3 is 58.2 Å². The van der Waals surface area contributed by atoms with Gasteiger partial charge in [-0.3, -0.25) is 4.99 Å². The molecular formula is C11H11N2ORb. The standard InChI is InChI=1S/C11H12N2O.Rb/c1-7-9-5-3-4-6-10(9)13-11(14)8(2)12-7;/h3-6,8H,1-2H3,(H,12,13,14);/q;+1/p-1. The number of carbonyl (C=O) groups is 1. The zero-order chi connectivity index (χ0) is 10.1. The first-order valence-electron chi connectivity index (χ1n) is 4.58. The van der Waals surface area contributed by atoms with Crippen molar-refractivity contribution in [2.24, 2.45) is 4.99 Å². The summed E-state index contributed by atoms with van der Waals surface area (Å²) in [7, 11) is 0. The molecule has 3 nitrogen and oxygen atoms in total. The molecule has 0 radical (unpaired) electrons. The Labute approximate surface area is 138 Å². The van der Waals surface area contributed by atoms with Crippen LogP contribution in [0.2, 0.25) is 0 Å². The number of amides is 1. The molecule has 0 bridgehead atoms. The van der Waals surface area contributed by atoms with E-state index in [1.54, 1.807) is 6.92 Å². The zero-order valence-corrected chi connectivity index (χ0v) is 14.1. The van der Waals surface area contributed by atoms with E-state index in [2.05, 4.69) is 10.3 Å². The molecule has 0 saturated carbocycles. The molecular weight excluding hydrogens is 262 g/mol. The van der Waals surface area contributed by atoms with Crippen molar-refractivity contribution >= 4 is 17.3 Å². The van der Waals surface area contributed by atoms with Crippen LogP contribution in [0.4, 0.5) is 5.69 Å². The van der Waals surface area contributed by atoms with Crippen LogP contribution in [0.25, 0.3) is 5.32 Å². The number of aliphatic imine (C=N–C) groups is 1. The molecule has 15 heavy (non-hydrogen) atoms. The summed E-state index contributed by atoms with van der Waals surface area (Å²) >= 11 is 0. The number of carbonyl (C=O) groups excluding carboxylic acids is 1. The number of hydrogen-bond donors (Lipinski definition) is 0. The summed E-state index contributed by atoms with van der Waals surface area (Å²) in [5, 5.41) is 4.02. The first kappa shape index (κ1) is 13.2. The van der Waals surface area contributed by atoms with Gasteiger partial charge in [0.05, 0.1) is 11.9 Å². The molecule has 0 spiro atoms. The Morgan fingerprint density at radius 1 is 1.33 bits per heavy atom. The van der Waals surface area contributed by atoms with E-state index in [9.17, 15) is 4.79 Å². The van der Waals surface area contributed by atoms with E-state index in [0.717, 1.165) is 17.0 Å². The van der Waals surface area contributed by atoms with Crippen LogP contribution in [0.3, 0.4) is 0 Å². The molecule has 1 aromatic rings. The Morgan fingerprint density at radius 2 is 2.00 bits per heavy atom. The second-order valence-corrected chi connectivity index (χ2v) is 3.36. The molecule has 0 aliphatic carbocycles. The van der Waals surface area contributed by atoms with E-state index in [4.69, 9.17) is 0 Å². The summed E-state index contributed by atoms with van der Waals surface area (Å²) in [6.45, 7) is 3.67. The van der Waals surface area contributed by atoms with Crippen LogP contribution in [0, 0.1) is 0 Å². The van der Waals surface area contributed by atoms with Crippen LogP contribution in [-0.2, 0) is 4.79 Å². The van der Waals surface area contributed by atoms with Gasteiger partial charge in [-0.25, -0.2) is 0 Å². The monoisotopic (exact) mass is 272 g/mol. The molecule has 0 fully saturated rings. The number of nitrogens with zero attached hydrogens (tertiary/aromatic N) is 2. The van der Waals surface area contributed by atoms with Gasteiger partial charge in [0, 0.05) is 5.71 Å². The van der Waals surface area contributed by atoms with E-state index < -0.39 is 0 Å². The van der Waals surface area contributed by atoms with Crippen molar-refractivity contribution in [2.75, 3.05) is 0 Å². The van der Waals surface area contributed by atoms with Gasteiger partial charge in [0.15, 0.2) is 0 Å². The van der Waals surface area contributed by atoms with Gasteiger partial charge in [0.2, 0.25) is 0 Å². The van der Waals surface area contributed by atoms with Crippen LogP contribution in [0.15, 0.2) is 29.3 Å². The average Bonchev–Trinajstić information content (AvgIpc) is 2.27. The topological polar surface area (TPSA) is 43.5 Å². The fourth-order valence-corrected chi connectivity index (χ4v) is 1.50. The molecule has 0 saturated heterocycles. The van der Waals surface area contributed by atoms with Crippen molar-refractivity contribution < 1.29 is 63.0 Å². The average molecular weight is 273 g/mol. The molecule has 1 amide bonds. The molecule has 1 aromatic carbocycles. The van der Waals surface area contributed by atoms with Crippen molar-refractivity contribution in [3.8, 4) is 0 Å². The van der Waals surface area contributed by atoms with E-state index in [1.807, 2.05) is 31.2 Å². The summed E-state index contributed by atoms with van der Waals surface area (Å²) < 4.78 is 0. The normalized spacial score (nSPS) is 19.2. The Bertz CT molecular complexity index is 415. The molecule has 2 rings (SSSR count). The van der Waals surface area contributed by atoms with Crippen LogP contribution in [0.5, 0.6) is 0 Å². The number of hydrogen-bond acceptors (Lipinski definition) is 2. The number of benzene rings is 1.